The molecule has 1 N–H and O–H groups in total. The fraction of sp³-hybridized carbons (Fsp3) is 0.875. The Hall–Kier alpha value is -0.490. The van der Waals surface area contributed by atoms with Crippen molar-refractivity contribution in [3.63, 3.8) is 0 Å². The molecular formula is C8H11ClF3NO2. The second-order valence-corrected chi connectivity index (χ2v) is 4.31. The lowest BCUT2D eigenvalue weighted by Crippen LogP contribution is -2.48. The molecular weight excluding hydrogens is 235 g/mol. The standard InChI is InChI=1S/C8H11ClF3NO2/c1-5(9)6(14)13-3-2-7(15,4-13)8(10,11)12/h5,15H,2-4H2,1H3/t5-,7+/m0/s1. The third kappa shape index (κ3) is 2.36. The number of β-amino-alcohol motifs (C(OH)–C–C–N with tert-alkyl or cyclic N) is 1. The van der Waals surface area contributed by atoms with Crippen LogP contribution in [-0.4, -0.2) is 46.2 Å². The maximum absolute atomic E-state index is 12.4. The van der Waals surface area contributed by atoms with Crippen molar-refractivity contribution in [2.45, 2.75) is 30.5 Å². The zero-order chi connectivity index (χ0) is 11.9. The fourth-order valence-electron chi connectivity index (χ4n) is 1.46. The highest BCUT2D eigenvalue weighted by Gasteiger charge is 2.57. The molecule has 0 aromatic carbocycles. The third-order valence-corrected chi connectivity index (χ3v) is 2.61. The summed E-state index contributed by atoms with van der Waals surface area (Å²) in [7, 11) is 0. The first-order valence-electron chi connectivity index (χ1n) is 4.39. The highest BCUT2D eigenvalue weighted by atomic mass is 35.5. The first kappa shape index (κ1) is 12.6. The molecule has 0 spiro atoms. The van der Waals surface area contributed by atoms with Gasteiger partial charge in [0.2, 0.25) is 5.91 Å². The highest BCUT2D eigenvalue weighted by Crippen LogP contribution is 2.37. The Labute approximate surface area is 89.8 Å². The van der Waals surface area contributed by atoms with Gasteiger partial charge in [-0.1, -0.05) is 0 Å². The van der Waals surface area contributed by atoms with Crippen LogP contribution in [0.5, 0.6) is 0 Å². The molecule has 15 heavy (non-hydrogen) atoms. The minimum absolute atomic E-state index is 0.119. The summed E-state index contributed by atoms with van der Waals surface area (Å²) in [5.41, 5.74) is -2.78. The number of nitrogens with zero attached hydrogens (tertiary/aromatic N) is 1. The summed E-state index contributed by atoms with van der Waals surface area (Å²) >= 11 is 5.46. The van der Waals surface area contributed by atoms with Crippen molar-refractivity contribution < 1.29 is 23.1 Å². The summed E-state index contributed by atoms with van der Waals surface area (Å²) in [5, 5.41) is 8.39. The SMILES string of the molecule is C[C@H](Cl)C(=O)N1CC[C@](O)(C(F)(F)F)C1. The topological polar surface area (TPSA) is 40.5 Å². The smallest absolute Gasteiger partial charge is 0.379 e. The van der Waals surface area contributed by atoms with E-state index in [9.17, 15) is 23.1 Å². The molecule has 0 aromatic heterocycles. The van der Waals surface area contributed by atoms with E-state index in [0.29, 0.717) is 0 Å². The van der Waals surface area contributed by atoms with E-state index in [2.05, 4.69) is 0 Å². The molecule has 0 unspecified atom stereocenters. The van der Waals surface area contributed by atoms with E-state index in [1.807, 2.05) is 0 Å². The van der Waals surface area contributed by atoms with Gasteiger partial charge < -0.3 is 10.0 Å². The molecule has 3 nitrogen and oxygen atoms in total. The van der Waals surface area contributed by atoms with Gasteiger partial charge in [0.05, 0.1) is 6.54 Å². The minimum Gasteiger partial charge on any atom is -0.379 e. The normalized spacial score (nSPS) is 29.3. The van der Waals surface area contributed by atoms with Gasteiger partial charge in [0.15, 0.2) is 5.60 Å². The van der Waals surface area contributed by atoms with Gasteiger partial charge in [-0.3, -0.25) is 4.79 Å². The number of carbonyl (C=O) groups is 1. The van der Waals surface area contributed by atoms with Gasteiger partial charge in [-0.15, -0.1) is 11.6 Å². The summed E-state index contributed by atoms with van der Waals surface area (Å²) in [6.45, 7) is 0.535. The Kier molecular flexibility index (Phi) is 3.21. The molecule has 1 aliphatic rings. The summed E-state index contributed by atoms with van der Waals surface area (Å²) in [6, 6.07) is 0. The number of likely N-dealkylation sites (tertiary alicyclic amines) is 1. The number of amides is 1. The van der Waals surface area contributed by atoms with Crippen molar-refractivity contribution in [3.8, 4) is 0 Å². The van der Waals surface area contributed by atoms with Gasteiger partial charge in [-0.05, 0) is 6.92 Å². The number of alkyl halides is 4. The molecule has 2 atom stereocenters. The Morgan fingerprint density at radius 2 is 2.13 bits per heavy atom. The molecule has 88 valence electrons. The monoisotopic (exact) mass is 245 g/mol. The number of hydrogen-bond donors (Lipinski definition) is 1. The van der Waals surface area contributed by atoms with Crippen LogP contribution in [0.1, 0.15) is 13.3 Å². The summed E-state index contributed by atoms with van der Waals surface area (Å²) < 4.78 is 37.1. The lowest BCUT2D eigenvalue weighted by molar-refractivity contribution is -0.253. The second-order valence-electron chi connectivity index (χ2n) is 3.66. The van der Waals surface area contributed by atoms with Gasteiger partial charge >= 0.3 is 6.18 Å². The van der Waals surface area contributed by atoms with Crippen molar-refractivity contribution in [1.82, 2.24) is 4.90 Å². The van der Waals surface area contributed by atoms with Crippen LogP contribution in [0.3, 0.4) is 0 Å². The number of hydrogen-bond acceptors (Lipinski definition) is 2. The number of rotatable bonds is 1. The predicted molar refractivity (Wildman–Crippen MR) is 47.5 cm³/mol. The number of aliphatic hydroxyl groups is 1. The van der Waals surface area contributed by atoms with Crippen LogP contribution in [0.2, 0.25) is 0 Å². The molecule has 0 saturated carbocycles. The maximum atomic E-state index is 12.4. The molecule has 1 saturated heterocycles. The van der Waals surface area contributed by atoms with Crippen molar-refractivity contribution in [2.75, 3.05) is 13.1 Å². The molecule has 1 amide bonds. The van der Waals surface area contributed by atoms with E-state index in [-0.39, 0.29) is 6.54 Å². The van der Waals surface area contributed by atoms with Crippen molar-refractivity contribution in [2.24, 2.45) is 0 Å². The average molecular weight is 246 g/mol. The third-order valence-electron chi connectivity index (χ3n) is 2.43. The largest absolute Gasteiger partial charge is 0.419 e. The van der Waals surface area contributed by atoms with Crippen LogP contribution in [0.15, 0.2) is 0 Å². The minimum atomic E-state index is -4.71. The highest BCUT2D eigenvalue weighted by molar-refractivity contribution is 6.30. The zero-order valence-corrected chi connectivity index (χ0v) is 8.77. The van der Waals surface area contributed by atoms with Crippen LogP contribution in [0, 0.1) is 0 Å². The molecule has 0 bridgehead atoms. The Balaban J connectivity index is 2.71. The lowest BCUT2D eigenvalue weighted by atomic mass is 10.0. The zero-order valence-electron chi connectivity index (χ0n) is 8.01. The van der Waals surface area contributed by atoms with E-state index in [4.69, 9.17) is 11.6 Å². The summed E-state index contributed by atoms with van der Waals surface area (Å²) in [4.78, 5) is 12.2. The molecule has 7 heteroatoms. The lowest BCUT2D eigenvalue weighted by Gasteiger charge is -2.26. The van der Waals surface area contributed by atoms with Crippen molar-refractivity contribution >= 4 is 17.5 Å². The van der Waals surface area contributed by atoms with E-state index in [0.717, 1.165) is 4.90 Å². The second kappa shape index (κ2) is 3.83. The molecule has 0 aromatic rings. The molecule has 0 radical (unpaired) electrons. The quantitative estimate of drug-likeness (QED) is 0.704. The summed E-state index contributed by atoms with van der Waals surface area (Å²) in [5.74, 6) is -0.586. The van der Waals surface area contributed by atoms with E-state index >= 15 is 0 Å². The maximum Gasteiger partial charge on any atom is 0.419 e. The van der Waals surface area contributed by atoms with E-state index < -0.39 is 36.0 Å². The van der Waals surface area contributed by atoms with Crippen molar-refractivity contribution in [3.05, 3.63) is 0 Å². The van der Waals surface area contributed by atoms with E-state index in [1.165, 1.54) is 6.92 Å². The first-order valence-corrected chi connectivity index (χ1v) is 4.83. The van der Waals surface area contributed by atoms with Crippen LogP contribution >= 0.6 is 11.6 Å². The first-order chi connectivity index (χ1) is 6.67. The molecule has 1 fully saturated rings. The number of carbonyl (C=O) groups excluding carboxylic acids is 1. The predicted octanol–water partition coefficient (Wildman–Crippen LogP) is 1.14. The van der Waals surface area contributed by atoms with Crippen molar-refractivity contribution in [1.29, 1.82) is 0 Å². The van der Waals surface area contributed by atoms with Gasteiger partial charge in [0.25, 0.3) is 0 Å². The Bertz CT molecular complexity index is 269. The average Bonchev–Trinajstić information content (AvgIpc) is 2.46. The Morgan fingerprint density at radius 3 is 2.47 bits per heavy atom. The van der Waals surface area contributed by atoms with Crippen LogP contribution in [0.4, 0.5) is 13.2 Å². The van der Waals surface area contributed by atoms with Gasteiger partial charge in [-0.2, -0.15) is 13.2 Å². The van der Waals surface area contributed by atoms with Gasteiger partial charge in [-0.25, -0.2) is 0 Å². The van der Waals surface area contributed by atoms with Gasteiger partial charge in [0.1, 0.15) is 5.38 Å². The van der Waals surface area contributed by atoms with Crippen LogP contribution < -0.4 is 0 Å². The molecule has 1 rings (SSSR count). The number of halogens is 4. The Morgan fingerprint density at radius 1 is 1.60 bits per heavy atom. The van der Waals surface area contributed by atoms with E-state index in [1.54, 1.807) is 0 Å². The molecule has 1 heterocycles. The molecule has 1 aliphatic heterocycles. The van der Waals surface area contributed by atoms with Crippen LogP contribution in [-0.2, 0) is 4.79 Å². The van der Waals surface area contributed by atoms with Crippen LogP contribution in [0.25, 0.3) is 0 Å². The fourth-order valence-corrected chi connectivity index (χ4v) is 1.60. The molecule has 0 aliphatic carbocycles. The van der Waals surface area contributed by atoms with Gasteiger partial charge in [0, 0.05) is 13.0 Å². The summed E-state index contributed by atoms with van der Waals surface area (Å²) in [6.07, 6.45) is -5.20.